The molecule has 0 aromatic carbocycles. The standard InChI is InChI=1S/C18H30O3/c1-4-6-8-10-12-15(11-9-7-5-2)17-13-16(20-3)14-18(19)21-17/h13-15H,4-12H2,1-3H3. The van der Waals surface area contributed by atoms with Crippen molar-refractivity contribution in [3.63, 3.8) is 0 Å². The van der Waals surface area contributed by atoms with Gasteiger partial charge in [0, 0.05) is 12.0 Å². The molecule has 0 saturated heterocycles. The molecule has 3 nitrogen and oxygen atoms in total. The van der Waals surface area contributed by atoms with Crippen LogP contribution in [0.2, 0.25) is 0 Å². The number of hydrogen-bond acceptors (Lipinski definition) is 3. The van der Waals surface area contributed by atoms with E-state index in [-0.39, 0.29) is 5.63 Å². The molecule has 1 unspecified atom stereocenters. The van der Waals surface area contributed by atoms with Crippen molar-refractivity contribution in [1.82, 2.24) is 0 Å². The number of rotatable bonds is 11. The van der Waals surface area contributed by atoms with Crippen LogP contribution in [0.5, 0.6) is 5.75 Å². The zero-order valence-electron chi connectivity index (χ0n) is 13.8. The van der Waals surface area contributed by atoms with E-state index in [1.165, 1.54) is 51.0 Å². The van der Waals surface area contributed by atoms with Gasteiger partial charge in [0.25, 0.3) is 0 Å². The maximum Gasteiger partial charge on any atom is 0.339 e. The summed E-state index contributed by atoms with van der Waals surface area (Å²) in [4.78, 5) is 11.6. The van der Waals surface area contributed by atoms with Crippen molar-refractivity contribution in [2.24, 2.45) is 0 Å². The Kier molecular flexibility index (Phi) is 8.88. The van der Waals surface area contributed by atoms with E-state index in [0.717, 1.165) is 18.6 Å². The first-order valence-corrected chi connectivity index (χ1v) is 8.40. The van der Waals surface area contributed by atoms with Gasteiger partial charge in [-0.2, -0.15) is 0 Å². The molecule has 1 aromatic rings. The Labute approximate surface area is 128 Å². The molecule has 1 atom stereocenters. The fourth-order valence-corrected chi connectivity index (χ4v) is 2.68. The van der Waals surface area contributed by atoms with Gasteiger partial charge in [0.05, 0.1) is 13.2 Å². The van der Waals surface area contributed by atoms with Crippen LogP contribution in [0.3, 0.4) is 0 Å². The van der Waals surface area contributed by atoms with E-state index in [9.17, 15) is 4.79 Å². The van der Waals surface area contributed by atoms with Gasteiger partial charge in [-0.15, -0.1) is 0 Å². The molecule has 1 aromatic heterocycles. The molecule has 21 heavy (non-hydrogen) atoms. The molecule has 0 fully saturated rings. The predicted molar refractivity (Wildman–Crippen MR) is 87.2 cm³/mol. The fourth-order valence-electron chi connectivity index (χ4n) is 2.68. The number of hydrogen-bond donors (Lipinski definition) is 0. The van der Waals surface area contributed by atoms with Gasteiger partial charge in [-0.3, -0.25) is 0 Å². The molecule has 120 valence electrons. The van der Waals surface area contributed by atoms with Crippen molar-refractivity contribution >= 4 is 0 Å². The van der Waals surface area contributed by atoms with Crippen LogP contribution in [-0.4, -0.2) is 7.11 Å². The minimum Gasteiger partial charge on any atom is -0.496 e. The number of ether oxygens (including phenoxy) is 1. The molecule has 0 aliphatic carbocycles. The molecule has 0 radical (unpaired) electrons. The monoisotopic (exact) mass is 294 g/mol. The summed E-state index contributed by atoms with van der Waals surface area (Å²) in [7, 11) is 1.59. The normalized spacial score (nSPS) is 12.3. The van der Waals surface area contributed by atoms with Gasteiger partial charge >= 0.3 is 5.63 Å². The molecule has 0 spiro atoms. The van der Waals surface area contributed by atoms with Gasteiger partial charge in [-0.25, -0.2) is 4.79 Å². The SMILES string of the molecule is CCCCCCC(CCCCC)c1cc(OC)cc(=O)o1. The van der Waals surface area contributed by atoms with Crippen LogP contribution < -0.4 is 10.4 Å². The lowest BCUT2D eigenvalue weighted by Gasteiger charge is -2.16. The highest BCUT2D eigenvalue weighted by Gasteiger charge is 2.15. The Balaban J connectivity index is 2.73. The van der Waals surface area contributed by atoms with Crippen LogP contribution in [0.4, 0.5) is 0 Å². The molecule has 3 heteroatoms. The molecule has 0 aliphatic heterocycles. The molecular formula is C18H30O3. The summed E-state index contributed by atoms with van der Waals surface area (Å²) in [6, 6.07) is 3.29. The van der Waals surface area contributed by atoms with E-state index in [0.29, 0.717) is 11.7 Å². The lowest BCUT2D eigenvalue weighted by molar-refractivity contribution is 0.361. The third kappa shape index (κ3) is 6.83. The van der Waals surface area contributed by atoms with Crippen LogP contribution in [0.25, 0.3) is 0 Å². The molecule has 1 rings (SSSR count). The largest absolute Gasteiger partial charge is 0.496 e. The van der Waals surface area contributed by atoms with Crippen molar-refractivity contribution in [1.29, 1.82) is 0 Å². The summed E-state index contributed by atoms with van der Waals surface area (Å²) in [6.07, 6.45) is 10.8. The molecule has 0 aliphatic rings. The first-order valence-electron chi connectivity index (χ1n) is 8.40. The van der Waals surface area contributed by atoms with Crippen LogP contribution in [-0.2, 0) is 0 Å². The van der Waals surface area contributed by atoms with Crippen LogP contribution >= 0.6 is 0 Å². The van der Waals surface area contributed by atoms with Gasteiger partial charge < -0.3 is 9.15 Å². The highest BCUT2D eigenvalue weighted by atomic mass is 16.5. The van der Waals surface area contributed by atoms with Crippen molar-refractivity contribution in [2.45, 2.75) is 77.6 Å². The zero-order chi connectivity index (χ0) is 15.5. The summed E-state index contributed by atoms with van der Waals surface area (Å²) in [5, 5.41) is 0. The minimum atomic E-state index is -0.307. The van der Waals surface area contributed by atoms with Crippen molar-refractivity contribution in [2.75, 3.05) is 7.11 Å². The Morgan fingerprint density at radius 1 is 1.00 bits per heavy atom. The van der Waals surface area contributed by atoms with Crippen molar-refractivity contribution < 1.29 is 9.15 Å². The average Bonchev–Trinajstić information content (AvgIpc) is 2.49. The molecule has 0 bridgehead atoms. The number of unbranched alkanes of at least 4 members (excludes halogenated alkanes) is 5. The van der Waals surface area contributed by atoms with E-state index in [2.05, 4.69) is 13.8 Å². The van der Waals surface area contributed by atoms with E-state index < -0.39 is 0 Å². The second kappa shape index (κ2) is 10.5. The predicted octanol–water partition coefficient (Wildman–Crippen LogP) is 5.28. The molecule has 0 saturated carbocycles. The summed E-state index contributed by atoms with van der Waals surface area (Å²) in [5.74, 6) is 1.75. The second-order valence-corrected chi connectivity index (χ2v) is 5.76. The van der Waals surface area contributed by atoms with E-state index in [1.54, 1.807) is 7.11 Å². The summed E-state index contributed by atoms with van der Waals surface area (Å²) >= 11 is 0. The maximum atomic E-state index is 11.6. The van der Waals surface area contributed by atoms with E-state index >= 15 is 0 Å². The lowest BCUT2D eigenvalue weighted by atomic mass is 9.92. The Hall–Kier alpha value is -1.25. The second-order valence-electron chi connectivity index (χ2n) is 5.76. The van der Waals surface area contributed by atoms with Crippen LogP contribution in [0.1, 0.15) is 83.3 Å². The Bertz CT molecular complexity index is 436. The summed E-state index contributed by atoms with van der Waals surface area (Å²) < 4.78 is 10.6. The van der Waals surface area contributed by atoms with E-state index in [4.69, 9.17) is 9.15 Å². The van der Waals surface area contributed by atoms with Crippen molar-refractivity contribution in [3.8, 4) is 5.75 Å². The molecule has 0 amide bonds. The first kappa shape index (κ1) is 17.8. The van der Waals surface area contributed by atoms with Gasteiger partial charge in [-0.1, -0.05) is 58.8 Å². The summed E-state index contributed by atoms with van der Waals surface area (Å²) in [5.41, 5.74) is -0.307. The zero-order valence-corrected chi connectivity index (χ0v) is 13.8. The van der Waals surface area contributed by atoms with E-state index in [1.807, 2.05) is 6.07 Å². The fraction of sp³-hybridized carbons (Fsp3) is 0.722. The van der Waals surface area contributed by atoms with Gasteiger partial charge in [0.15, 0.2) is 0 Å². The highest BCUT2D eigenvalue weighted by Crippen LogP contribution is 2.29. The average molecular weight is 294 g/mol. The molecule has 1 heterocycles. The maximum absolute atomic E-state index is 11.6. The molecular weight excluding hydrogens is 264 g/mol. The van der Waals surface area contributed by atoms with Crippen molar-refractivity contribution in [3.05, 3.63) is 28.3 Å². The topological polar surface area (TPSA) is 39.4 Å². The van der Waals surface area contributed by atoms with Gasteiger partial charge in [-0.05, 0) is 12.8 Å². The summed E-state index contributed by atoms with van der Waals surface area (Å²) in [6.45, 7) is 4.43. The molecule has 0 N–H and O–H groups in total. The Morgan fingerprint density at radius 2 is 1.62 bits per heavy atom. The third-order valence-electron chi connectivity index (χ3n) is 3.96. The van der Waals surface area contributed by atoms with Gasteiger partial charge in [0.2, 0.25) is 0 Å². The Morgan fingerprint density at radius 3 is 2.24 bits per heavy atom. The smallest absolute Gasteiger partial charge is 0.339 e. The third-order valence-corrected chi connectivity index (χ3v) is 3.96. The number of methoxy groups -OCH3 is 1. The highest BCUT2D eigenvalue weighted by molar-refractivity contribution is 5.22. The minimum absolute atomic E-state index is 0.307. The van der Waals surface area contributed by atoms with Gasteiger partial charge in [0.1, 0.15) is 11.5 Å². The first-order chi connectivity index (χ1) is 10.2. The van der Waals surface area contributed by atoms with Crippen LogP contribution in [0, 0.1) is 0 Å². The quantitative estimate of drug-likeness (QED) is 0.521. The van der Waals surface area contributed by atoms with Crippen LogP contribution in [0.15, 0.2) is 21.3 Å². The lowest BCUT2D eigenvalue weighted by Crippen LogP contribution is -2.06.